The lowest BCUT2D eigenvalue weighted by Gasteiger charge is -2.28. The Hall–Kier alpha value is -1.28. The molecular weight excluding hydrogens is 220 g/mol. The number of likely N-dealkylation sites (N-methyl/N-ethyl adjacent to an activating group) is 1. The van der Waals surface area contributed by atoms with E-state index < -0.39 is 0 Å². The molecule has 18 heavy (non-hydrogen) atoms. The van der Waals surface area contributed by atoms with Crippen molar-refractivity contribution in [3.05, 3.63) is 35.5 Å². The summed E-state index contributed by atoms with van der Waals surface area (Å²) in [4.78, 5) is 5.65. The zero-order chi connectivity index (χ0) is 13.3. The molecule has 1 N–H and O–H groups in total. The van der Waals surface area contributed by atoms with Gasteiger partial charge in [-0.15, -0.1) is 0 Å². The Balaban J connectivity index is 2.50. The number of hydrogen-bond acceptors (Lipinski definition) is 1. The molecule has 0 fully saturated rings. The van der Waals surface area contributed by atoms with Crippen LogP contribution in [0.25, 0.3) is 10.9 Å². The lowest BCUT2D eigenvalue weighted by atomic mass is 9.83. The maximum absolute atomic E-state index is 3.40. The van der Waals surface area contributed by atoms with Gasteiger partial charge in [0.15, 0.2) is 0 Å². The molecule has 0 atom stereocenters. The molecule has 0 amide bonds. The minimum atomic E-state index is 0.161. The summed E-state index contributed by atoms with van der Waals surface area (Å²) in [5, 5.41) is 1.38. The van der Waals surface area contributed by atoms with E-state index in [0.717, 1.165) is 13.0 Å². The molecule has 0 aliphatic rings. The zero-order valence-corrected chi connectivity index (χ0v) is 12.2. The molecule has 0 bridgehead atoms. The molecule has 1 heterocycles. The highest BCUT2D eigenvalue weighted by molar-refractivity contribution is 5.85. The minimum Gasteiger partial charge on any atom is -0.361 e. The van der Waals surface area contributed by atoms with Crippen LogP contribution in [0.5, 0.6) is 0 Å². The number of fused-ring (bicyclic) bond motifs is 1. The van der Waals surface area contributed by atoms with Crippen molar-refractivity contribution in [2.24, 2.45) is 0 Å². The molecule has 0 radical (unpaired) electrons. The first-order chi connectivity index (χ1) is 8.44. The molecular formula is C16H24N2. The average Bonchev–Trinajstić information content (AvgIpc) is 2.70. The lowest BCUT2D eigenvalue weighted by molar-refractivity contribution is 0.317. The Morgan fingerprint density at radius 2 is 1.94 bits per heavy atom. The number of aromatic nitrogens is 1. The normalized spacial score (nSPS) is 12.6. The first kappa shape index (κ1) is 13.2. The number of H-pyrrole nitrogens is 1. The third kappa shape index (κ3) is 2.44. The molecule has 2 rings (SSSR count). The van der Waals surface area contributed by atoms with Crippen molar-refractivity contribution in [1.29, 1.82) is 0 Å². The van der Waals surface area contributed by atoms with Crippen molar-refractivity contribution in [1.82, 2.24) is 9.88 Å². The van der Waals surface area contributed by atoms with Crippen molar-refractivity contribution < 1.29 is 0 Å². The van der Waals surface area contributed by atoms with Gasteiger partial charge in [0.05, 0.1) is 0 Å². The van der Waals surface area contributed by atoms with Gasteiger partial charge in [-0.05, 0) is 43.8 Å². The number of aryl methyl sites for hydroxylation is 1. The highest BCUT2D eigenvalue weighted by atomic mass is 15.1. The molecule has 1 aromatic carbocycles. The van der Waals surface area contributed by atoms with Crippen LogP contribution in [0, 0.1) is 0 Å². The molecule has 2 aromatic rings. The molecule has 0 saturated heterocycles. The number of aromatic amines is 1. The first-order valence-electron chi connectivity index (χ1n) is 6.69. The van der Waals surface area contributed by atoms with E-state index in [-0.39, 0.29) is 5.41 Å². The van der Waals surface area contributed by atoms with Crippen LogP contribution in [0.1, 0.15) is 31.9 Å². The van der Waals surface area contributed by atoms with Crippen LogP contribution in [0.3, 0.4) is 0 Å². The Labute approximate surface area is 110 Å². The predicted octanol–water partition coefficient (Wildman–Crippen LogP) is 3.57. The van der Waals surface area contributed by atoms with Crippen LogP contribution in [-0.2, 0) is 11.8 Å². The molecule has 2 nitrogen and oxygen atoms in total. The van der Waals surface area contributed by atoms with E-state index in [2.05, 4.69) is 69.1 Å². The quantitative estimate of drug-likeness (QED) is 0.871. The molecule has 0 unspecified atom stereocenters. The van der Waals surface area contributed by atoms with Crippen molar-refractivity contribution in [2.75, 3.05) is 20.6 Å². The van der Waals surface area contributed by atoms with Crippen LogP contribution < -0.4 is 0 Å². The smallest absolute Gasteiger partial charge is 0.0457 e. The number of nitrogens with zero attached hydrogens (tertiary/aromatic N) is 1. The van der Waals surface area contributed by atoms with E-state index in [4.69, 9.17) is 0 Å². The number of hydrogen-bond donors (Lipinski definition) is 1. The second-order valence-electron chi connectivity index (χ2n) is 6.06. The van der Waals surface area contributed by atoms with E-state index in [9.17, 15) is 0 Å². The maximum Gasteiger partial charge on any atom is 0.0457 e. The summed E-state index contributed by atoms with van der Waals surface area (Å²) in [5.41, 5.74) is 4.23. The summed E-state index contributed by atoms with van der Waals surface area (Å²) in [6.07, 6.45) is 3.27. The van der Waals surface area contributed by atoms with E-state index in [1.54, 1.807) is 0 Å². The van der Waals surface area contributed by atoms with Crippen molar-refractivity contribution in [3.8, 4) is 0 Å². The van der Waals surface area contributed by atoms with Gasteiger partial charge >= 0.3 is 0 Å². The van der Waals surface area contributed by atoms with Crippen molar-refractivity contribution in [3.63, 3.8) is 0 Å². The Morgan fingerprint density at radius 3 is 2.56 bits per heavy atom. The van der Waals surface area contributed by atoms with E-state index in [1.165, 1.54) is 22.0 Å². The summed E-state index contributed by atoms with van der Waals surface area (Å²) in [5.74, 6) is 0. The van der Waals surface area contributed by atoms with Crippen molar-refractivity contribution in [2.45, 2.75) is 32.6 Å². The monoisotopic (exact) mass is 244 g/mol. The van der Waals surface area contributed by atoms with Crippen LogP contribution in [-0.4, -0.2) is 30.5 Å². The van der Waals surface area contributed by atoms with Gasteiger partial charge in [0.25, 0.3) is 0 Å². The highest BCUT2D eigenvalue weighted by Crippen LogP contribution is 2.31. The molecule has 0 aliphatic carbocycles. The summed E-state index contributed by atoms with van der Waals surface area (Å²) < 4.78 is 0. The second-order valence-corrected chi connectivity index (χ2v) is 6.06. The standard InChI is InChI=1S/C16H24N2/c1-6-12-7-8-15-13(9-12)14(10-17-15)16(2,3)11-18(4)5/h7-10,17H,6,11H2,1-5H3. The molecule has 0 aliphatic heterocycles. The van der Waals surface area contributed by atoms with Gasteiger partial charge in [0, 0.05) is 29.1 Å². The molecule has 2 heteroatoms. The number of rotatable bonds is 4. The van der Waals surface area contributed by atoms with Gasteiger partial charge in [0.1, 0.15) is 0 Å². The topological polar surface area (TPSA) is 19.0 Å². The average molecular weight is 244 g/mol. The highest BCUT2D eigenvalue weighted by Gasteiger charge is 2.24. The molecule has 0 saturated carbocycles. The van der Waals surface area contributed by atoms with Gasteiger partial charge in [0.2, 0.25) is 0 Å². The second kappa shape index (κ2) is 4.77. The van der Waals surface area contributed by atoms with Gasteiger partial charge in [-0.3, -0.25) is 0 Å². The number of nitrogens with one attached hydrogen (secondary N) is 1. The first-order valence-corrected chi connectivity index (χ1v) is 6.69. The SMILES string of the molecule is CCc1ccc2[nH]cc(C(C)(C)CN(C)C)c2c1. The van der Waals surface area contributed by atoms with Crippen molar-refractivity contribution >= 4 is 10.9 Å². The Morgan fingerprint density at radius 1 is 1.22 bits per heavy atom. The van der Waals surface area contributed by atoms with Gasteiger partial charge in [-0.2, -0.15) is 0 Å². The third-order valence-corrected chi connectivity index (χ3v) is 3.60. The van der Waals surface area contributed by atoms with Gasteiger partial charge < -0.3 is 9.88 Å². The van der Waals surface area contributed by atoms with E-state index in [0.29, 0.717) is 0 Å². The zero-order valence-electron chi connectivity index (χ0n) is 12.2. The molecule has 1 aromatic heterocycles. The number of benzene rings is 1. The molecule has 98 valence electrons. The van der Waals surface area contributed by atoms with Crippen LogP contribution in [0.4, 0.5) is 0 Å². The van der Waals surface area contributed by atoms with E-state index >= 15 is 0 Å². The minimum absolute atomic E-state index is 0.161. The maximum atomic E-state index is 3.40. The Kier molecular flexibility index (Phi) is 3.49. The van der Waals surface area contributed by atoms with E-state index in [1.807, 2.05) is 0 Å². The summed E-state index contributed by atoms with van der Waals surface area (Å²) in [6.45, 7) is 7.89. The summed E-state index contributed by atoms with van der Waals surface area (Å²) in [6, 6.07) is 6.74. The van der Waals surface area contributed by atoms with Crippen LogP contribution >= 0.6 is 0 Å². The third-order valence-electron chi connectivity index (χ3n) is 3.60. The van der Waals surface area contributed by atoms with Gasteiger partial charge in [-0.1, -0.05) is 26.8 Å². The fourth-order valence-corrected chi connectivity index (χ4v) is 2.82. The van der Waals surface area contributed by atoms with Crippen LogP contribution in [0.2, 0.25) is 0 Å². The largest absolute Gasteiger partial charge is 0.361 e. The fourth-order valence-electron chi connectivity index (χ4n) is 2.82. The Bertz CT molecular complexity index is 535. The van der Waals surface area contributed by atoms with Gasteiger partial charge in [-0.25, -0.2) is 0 Å². The summed E-state index contributed by atoms with van der Waals surface area (Å²) >= 11 is 0. The summed E-state index contributed by atoms with van der Waals surface area (Å²) in [7, 11) is 4.27. The lowest BCUT2D eigenvalue weighted by Crippen LogP contribution is -2.31. The fraction of sp³-hybridized carbons (Fsp3) is 0.500. The van der Waals surface area contributed by atoms with Crippen LogP contribution in [0.15, 0.2) is 24.4 Å². The molecule has 0 spiro atoms. The predicted molar refractivity (Wildman–Crippen MR) is 79.3 cm³/mol.